The number of rotatable bonds is 4. The lowest BCUT2D eigenvalue weighted by Crippen LogP contribution is -2.17. The van der Waals surface area contributed by atoms with Crippen molar-refractivity contribution in [2.75, 3.05) is 5.32 Å². The Morgan fingerprint density at radius 3 is 1.54 bits per heavy atom. The second-order valence-corrected chi connectivity index (χ2v) is 13.0. The first kappa shape index (κ1) is 28.3. The highest BCUT2D eigenvalue weighted by Gasteiger charge is 2.26. The van der Waals surface area contributed by atoms with Gasteiger partial charge in [0.15, 0.2) is 0 Å². The van der Waals surface area contributed by atoms with Crippen molar-refractivity contribution in [1.82, 2.24) is 0 Å². The number of phenols is 2. The van der Waals surface area contributed by atoms with Gasteiger partial charge in [0, 0.05) is 11.1 Å². The van der Waals surface area contributed by atoms with Gasteiger partial charge in [0.05, 0.1) is 11.4 Å². The van der Waals surface area contributed by atoms with Crippen molar-refractivity contribution < 1.29 is 10.2 Å². The number of benzene rings is 4. The second kappa shape index (κ2) is 10.1. The van der Waals surface area contributed by atoms with E-state index >= 15 is 0 Å². The van der Waals surface area contributed by atoms with Crippen LogP contribution in [0.2, 0.25) is 0 Å². The summed E-state index contributed by atoms with van der Waals surface area (Å²) in [6, 6.07) is 20.7. The quantitative estimate of drug-likeness (QED) is 0.234. The van der Waals surface area contributed by atoms with E-state index in [1.54, 1.807) is 0 Å². The highest BCUT2D eigenvalue weighted by atomic mass is 16.3. The molecule has 0 heterocycles. The predicted octanol–water partition coefficient (Wildman–Crippen LogP) is 10.0. The van der Waals surface area contributed by atoms with E-state index in [1.165, 1.54) is 11.1 Å². The number of phenolic OH excluding ortho intramolecular Hbond substituents is 2. The summed E-state index contributed by atoms with van der Waals surface area (Å²) in [5, 5.41) is 26.7. The van der Waals surface area contributed by atoms with Crippen LogP contribution in [-0.2, 0) is 10.8 Å². The van der Waals surface area contributed by atoms with Gasteiger partial charge in [0.25, 0.3) is 0 Å². The molecule has 4 rings (SSSR count). The summed E-state index contributed by atoms with van der Waals surface area (Å²) in [5.41, 5.74) is 11.3. The van der Waals surface area contributed by atoms with Crippen LogP contribution in [0.3, 0.4) is 0 Å². The van der Waals surface area contributed by atoms with Crippen molar-refractivity contribution >= 4 is 11.4 Å². The summed E-state index contributed by atoms with van der Waals surface area (Å²) in [7, 11) is 0. The van der Waals surface area contributed by atoms with E-state index < -0.39 is 0 Å². The van der Waals surface area contributed by atoms with Crippen LogP contribution in [0.1, 0.15) is 74.9 Å². The fourth-order valence-electron chi connectivity index (χ4n) is 5.45. The van der Waals surface area contributed by atoms with E-state index in [9.17, 15) is 10.2 Å². The zero-order valence-electron chi connectivity index (χ0n) is 25.2. The van der Waals surface area contributed by atoms with Crippen molar-refractivity contribution in [3.63, 3.8) is 0 Å². The lowest BCUT2D eigenvalue weighted by Gasteiger charge is -2.28. The zero-order chi connectivity index (χ0) is 28.9. The minimum Gasteiger partial charge on any atom is -0.505 e. The van der Waals surface area contributed by atoms with Crippen LogP contribution in [0.4, 0.5) is 11.4 Å². The van der Waals surface area contributed by atoms with E-state index in [4.69, 9.17) is 0 Å². The van der Waals surface area contributed by atoms with Crippen LogP contribution in [0.15, 0.2) is 60.7 Å². The molecular weight excluding hydrogens is 478 g/mol. The van der Waals surface area contributed by atoms with Crippen LogP contribution in [-0.4, -0.2) is 10.2 Å². The summed E-state index contributed by atoms with van der Waals surface area (Å²) >= 11 is 0. The Labute approximate surface area is 234 Å². The third-order valence-corrected chi connectivity index (χ3v) is 7.68. The number of aromatic hydroxyl groups is 2. The summed E-state index contributed by atoms with van der Waals surface area (Å²) in [4.78, 5) is 0. The van der Waals surface area contributed by atoms with Gasteiger partial charge in [-0.2, -0.15) is 0 Å². The van der Waals surface area contributed by atoms with Crippen molar-refractivity contribution in [3.05, 3.63) is 94.0 Å². The minimum atomic E-state index is -0.257. The monoisotopic (exact) mass is 521 g/mol. The Morgan fingerprint density at radius 2 is 1.05 bits per heavy atom. The molecule has 0 aromatic heterocycles. The zero-order valence-corrected chi connectivity index (χ0v) is 25.2. The maximum Gasteiger partial charge on any atom is 0.146 e. The first-order valence-electron chi connectivity index (χ1n) is 13.7. The number of anilines is 2. The van der Waals surface area contributed by atoms with Gasteiger partial charge in [-0.25, -0.2) is 0 Å². The van der Waals surface area contributed by atoms with Gasteiger partial charge in [-0.1, -0.05) is 84.0 Å². The molecule has 0 radical (unpaired) electrons. The van der Waals surface area contributed by atoms with E-state index in [1.807, 2.05) is 18.2 Å². The van der Waals surface area contributed by atoms with Crippen LogP contribution < -0.4 is 5.32 Å². The van der Waals surface area contributed by atoms with Crippen molar-refractivity contribution in [2.24, 2.45) is 0 Å². The molecule has 39 heavy (non-hydrogen) atoms. The Hall–Kier alpha value is -3.72. The molecule has 0 aliphatic heterocycles. The summed E-state index contributed by atoms with van der Waals surface area (Å²) in [6.07, 6.45) is 0. The molecule has 0 aliphatic rings. The summed E-state index contributed by atoms with van der Waals surface area (Å²) in [5.74, 6) is 0.376. The molecule has 0 amide bonds. The van der Waals surface area contributed by atoms with Crippen LogP contribution in [0.5, 0.6) is 11.5 Å². The van der Waals surface area contributed by atoms with Gasteiger partial charge in [-0.05, 0) is 101 Å². The Kier molecular flexibility index (Phi) is 7.33. The first-order chi connectivity index (χ1) is 18.1. The van der Waals surface area contributed by atoms with Crippen LogP contribution in [0, 0.1) is 27.7 Å². The lowest BCUT2D eigenvalue weighted by atomic mass is 9.79. The molecule has 4 aromatic carbocycles. The summed E-state index contributed by atoms with van der Waals surface area (Å²) < 4.78 is 0. The van der Waals surface area contributed by atoms with Crippen molar-refractivity contribution in [3.8, 4) is 33.8 Å². The average Bonchev–Trinajstić information content (AvgIpc) is 2.81. The predicted molar refractivity (Wildman–Crippen MR) is 167 cm³/mol. The van der Waals surface area contributed by atoms with E-state index in [2.05, 4.69) is 117 Å². The number of nitrogens with one attached hydrogen (secondary N) is 1. The number of hydrogen-bond donors (Lipinski definition) is 3. The van der Waals surface area contributed by atoms with Gasteiger partial charge in [0.1, 0.15) is 11.5 Å². The van der Waals surface area contributed by atoms with Gasteiger partial charge >= 0.3 is 0 Å². The molecule has 3 nitrogen and oxygen atoms in total. The Bertz CT molecular complexity index is 1510. The standard InChI is InChI=1S/C36H43NO2/c1-21-13-11-14-22(2)31(21)25-17-27(32-23(3)15-12-16-24(32)4)33(38)29(18-25)37-30-20-26(35(5,6)7)19-28(34(30)39)36(8,9)10/h11-20,37-39H,1-10H3. The number of aryl methyl sites for hydroxylation is 4. The second-order valence-electron chi connectivity index (χ2n) is 13.0. The van der Waals surface area contributed by atoms with Crippen molar-refractivity contribution in [1.29, 1.82) is 0 Å². The molecule has 0 saturated carbocycles. The molecular formula is C36H43NO2. The SMILES string of the molecule is Cc1cccc(C)c1-c1cc(Nc2cc(C(C)(C)C)cc(C(C)(C)C)c2O)c(O)c(-c2c(C)cccc2C)c1. The van der Waals surface area contributed by atoms with Crippen LogP contribution >= 0.6 is 0 Å². The molecule has 0 aliphatic carbocycles. The molecule has 0 bridgehead atoms. The highest BCUT2D eigenvalue weighted by molar-refractivity contribution is 5.90. The van der Waals surface area contributed by atoms with Gasteiger partial charge in [-0.15, -0.1) is 0 Å². The van der Waals surface area contributed by atoms with E-state index in [-0.39, 0.29) is 22.3 Å². The Morgan fingerprint density at radius 1 is 0.564 bits per heavy atom. The molecule has 3 N–H and O–H groups in total. The third kappa shape index (κ3) is 5.54. The molecule has 0 saturated heterocycles. The average molecular weight is 522 g/mol. The van der Waals surface area contributed by atoms with E-state index in [0.29, 0.717) is 11.4 Å². The normalized spacial score (nSPS) is 12.1. The fourth-order valence-corrected chi connectivity index (χ4v) is 5.45. The molecule has 204 valence electrons. The highest BCUT2D eigenvalue weighted by Crippen LogP contribution is 2.47. The molecule has 0 spiro atoms. The van der Waals surface area contributed by atoms with E-state index in [0.717, 1.165) is 44.5 Å². The number of hydrogen-bond acceptors (Lipinski definition) is 3. The summed E-state index contributed by atoms with van der Waals surface area (Å²) in [6.45, 7) is 21.2. The lowest BCUT2D eigenvalue weighted by molar-refractivity contribution is 0.447. The largest absolute Gasteiger partial charge is 0.505 e. The molecule has 3 heteroatoms. The fraction of sp³-hybridized carbons (Fsp3) is 0.333. The molecule has 0 fully saturated rings. The van der Waals surface area contributed by atoms with Gasteiger partial charge in [-0.3, -0.25) is 0 Å². The smallest absolute Gasteiger partial charge is 0.146 e. The molecule has 0 atom stereocenters. The third-order valence-electron chi connectivity index (χ3n) is 7.68. The maximum absolute atomic E-state index is 11.8. The maximum atomic E-state index is 11.8. The van der Waals surface area contributed by atoms with Gasteiger partial charge < -0.3 is 15.5 Å². The van der Waals surface area contributed by atoms with Gasteiger partial charge in [0.2, 0.25) is 0 Å². The minimum absolute atomic E-state index is 0.115. The Balaban J connectivity index is 2.03. The van der Waals surface area contributed by atoms with Crippen LogP contribution in [0.25, 0.3) is 22.3 Å². The topological polar surface area (TPSA) is 52.5 Å². The van der Waals surface area contributed by atoms with Crippen molar-refractivity contribution in [2.45, 2.75) is 80.1 Å². The first-order valence-corrected chi connectivity index (χ1v) is 13.7. The molecule has 0 unspecified atom stereocenters. The molecule has 4 aromatic rings.